The van der Waals surface area contributed by atoms with Gasteiger partial charge in [0.2, 0.25) is 0 Å². The number of carbonyl (C=O) groups excluding carboxylic acids is 2. The van der Waals surface area contributed by atoms with Crippen LogP contribution in [0.15, 0.2) is 48.8 Å². The number of aromatic amines is 1. The number of fused-ring (bicyclic) bond motifs is 1. The van der Waals surface area contributed by atoms with Crippen molar-refractivity contribution < 1.29 is 22.8 Å². The van der Waals surface area contributed by atoms with E-state index in [1.54, 1.807) is 24.5 Å². The van der Waals surface area contributed by atoms with E-state index >= 15 is 0 Å². The van der Waals surface area contributed by atoms with E-state index < -0.39 is 17.6 Å². The van der Waals surface area contributed by atoms with Crippen molar-refractivity contribution in [3.8, 4) is 10.6 Å². The summed E-state index contributed by atoms with van der Waals surface area (Å²) < 4.78 is 38.7. The number of thiophene rings is 1. The van der Waals surface area contributed by atoms with Gasteiger partial charge in [0, 0.05) is 19.3 Å². The molecule has 7 nitrogen and oxygen atoms in total. The largest absolute Gasteiger partial charge is 0.416 e. The van der Waals surface area contributed by atoms with E-state index in [1.807, 2.05) is 20.8 Å². The molecule has 36 heavy (non-hydrogen) atoms. The number of benzene rings is 1. The number of aromatic nitrogens is 3. The van der Waals surface area contributed by atoms with Crippen molar-refractivity contribution in [1.29, 1.82) is 0 Å². The molecule has 0 aliphatic carbocycles. The number of alkyl halides is 3. The zero-order chi connectivity index (χ0) is 26.1. The highest BCUT2D eigenvalue weighted by molar-refractivity contribution is 7.17. The van der Waals surface area contributed by atoms with E-state index in [4.69, 9.17) is 0 Å². The molecule has 3 heterocycles. The number of nitrogens with one attached hydrogen (secondary N) is 3. The summed E-state index contributed by atoms with van der Waals surface area (Å²) in [6, 6.07) is 8.15. The minimum atomic E-state index is -4.45. The highest BCUT2D eigenvalue weighted by atomic mass is 32.1. The van der Waals surface area contributed by atoms with Gasteiger partial charge >= 0.3 is 6.18 Å². The van der Waals surface area contributed by atoms with Gasteiger partial charge in [-0.25, -0.2) is 9.97 Å². The molecule has 11 heteroatoms. The SMILES string of the molecule is CC(C)(C)CNC(=O)c1c[nH]c2ncc(-c3ccc(C(=O)NCc4cccc(C(F)(F)F)c4)s3)nc12. The summed E-state index contributed by atoms with van der Waals surface area (Å²) in [4.78, 5) is 38.2. The minimum absolute atomic E-state index is 0.0435. The smallest absolute Gasteiger partial charge is 0.351 e. The molecule has 0 aliphatic rings. The van der Waals surface area contributed by atoms with Crippen LogP contribution in [0.5, 0.6) is 0 Å². The molecule has 2 amide bonds. The third-order valence-corrected chi connectivity index (χ3v) is 6.30. The normalized spacial score (nSPS) is 12.1. The van der Waals surface area contributed by atoms with Crippen molar-refractivity contribution in [2.24, 2.45) is 5.41 Å². The fourth-order valence-corrected chi connectivity index (χ4v) is 4.23. The number of hydrogen-bond donors (Lipinski definition) is 3. The average molecular weight is 516 g/mol. The van der Waals surface area contributed by atoms with Gasteiger partial charge in [-0.2, -0.15) is 13.2 Å². The van der Waals surface area contributed by atoms with Gasteiger partial charge in [0.15, 0.2) is 5.65 Å². The van der Waals surface area contributed by atoms with Gasteiger partial charge in [0.25, 0.3) is 11.8 Å². The van der Waals surface area contributed by atoms with E-state index in [0.717, 1.165) is 12.1 Å². The number of carbonyl (C=O) groups is 2. The van der Waals surface area contributed by atoms with E-state index in [2.05, 4.69) is 25.6 Å². The van der Waals surface area contributed by atoms with Crippen LogP contribution in [-0.4, -0.2) is 33.3 Å². The van der Waals surface area contributed by atoms with E-state index in [0.29, 0.717) is 44.3 Å². The molecule has 0 atom stereocenters. The highest BCUT2D eigenvalue weighted by Crippen LogP contribution is 2.30. The lowest BCUT2D eigenvalue weighted by Crippen LogP contribution is -2.32. The van der Waals surface area contributed by atoms with Gasteiger partial charge in [-0.3, -0.25) is 9.59 Å². The Labute approximate surface area is 209 Å². The van der Waals surface area contributed by atoms with Crippen molar-refractivity contribution >= 4 is 34.3 Å². The summed E-state index contributed by atoms with van der Waals surface area (Å²) in [5, 5.41) is 5.54. The molecule has 4 rings (SSSR count). The Morgan fingerprint density at radius 3 is 2.56 bits per heavy atom. The van der Waals surface area contributed by atoms with E-state index in [9.17, 15) is 22.8 Å². The lowest BCUT2D eigenvalue weighted by molar-refractivity contribution is -0.137. The number of hydrogen-bond acceptors (Lipinski definition) is 5. The molecular formula is C25H24F3N5O2S. The van der Waals surface area contributed by atoms with Crippen LogP contribution in [0, 0.1) is 5.41 Å². The van der Waals surface area contributed by atoms with Crippen LogP contribution < -0.4 is 10.6 Å². The van der Waals surface area contributed by atoms with Crippen LogP contribution in [0.1, 0.15) is 51.9 Å². The number of amides is 2. The van der Waals surface area contributed by atoms with Crippen LogP contribution in [0.4, 0.5) is 13.2 Å². The van der Waals surface area contributed by atoms with Crippen molar-refractivity contribution in [2.75, 3.05) is 6.54 Å². The molecular weight excluding hydrogens is 491 g/mol. The van der Waals surface area contributed by atoms with Crippen LogP contribution in [0.2, 0.25) is 0 Å². The first-order chi connectivity index (χ1) is 16.9. The maximum Gasteiger partial charge on any atom is 0.416 e. The van der Waals surface area contributed by atoms with Gasteiger partial charge in [-0.1, -0.05) is 32.9 Å². The molecule has 4 aromatic rings. The average Bonchev–Trinajstić information content (AvgIpc) is 3.47. The Morgan fingerprint density at radius 2 is 1.83 bits per heavy atom. The molecule has 3 N–H and O–H groups in total. The Balaban J connectivity index is 1.48. The molecule has 0 radical (unpaired) electrons. The molecule has 188 valence electrons. The lowest BCUT2D eigenvalue weighted by atomic mass is 9.97. The Kier molecular flexibility index (Phi) is 6.85. The molecule has 0 spiro atoms. The first-order valence-corrected chi connectivity index (χ1v) is 11.9. The number of H-pyrrole nitrogens is 1. The summed E-state index contributed by atoms with van der Waals surface area (Å²) in [5.41, 5.74) is 1.26. The van der Waals surface area contributed by atoms with Crippen LogP contribution in [0.3, 0.4) is 0 Å². The van der Waals surface area contributed by atoms with Gasteiger partial charge < -0.3 is 15.6 Å². The third-order valence-electron chi connectivity index (χ3n) is 5.19. The molecule has 0 saturated carbocycles. The van der Waals surface area contributed by atoms with Gasteiger partial charge in [-0.15, -0.1) is 11.3 Å². The second-order valence-electron chi connectivity index (χ2n) is 9.44. The fraction of sp³-hybridized carbons (Fsp3) is 0.280. The molecule has 0 unspecified atom stereocenters. The summed E-state index contributed by atoms with van der Waals surface area (Å²) in [6.07, 6.45) is -1.34. The molecule has 0 aliphatic heterocycles. The fourth-order valence-electron chi connectivity index (χ4n) is 3.35. The van der Waals surface area contributed by atoms with Gasteiger partial charge in [0.1, 0.15) is 5.52 Å². The van der Waals surface area contributed by atoms with E-state index in [1.165, 1.54) is 23.5 Å². The summed E-state index contributed by atoms with van der Waals surface area (Å²) in [7, 11) is 0. The van der Waals surface area contributed by atoms with Crippen molar-refractivity contribution in [3.05, 3.63) is 70.4 Å². The summed E-state index contributed by atoms with van der Waals surface area (Å²) in [6.45, 7) is 6.51. The molecule has 0 bridgehead atoms. The van der Waals surface area contributed by atoms with Gasteiger partial charge in [-0.05, 0) is 35.2 Å². The van der Waals surface area contributed by atoms with Crippen LogP contribution >= 0.6 is 11.3 Å². The second-order valence-corrected chi connectivity index (χ2v) is 10.5. The second kappa shape index (κ2) is 9.73. The van der Waals surface area contributed by atoms with Crippen LogP contribution in [-0.2, 0) is 12.7 Å². The minimum Gasteiger partial charge on any atom is -0.351 e. The predicted molar refractivity (Wildman–Crippen MR) is 132 cm³/mol. The zero-order valence-electron chi connectivity index (χ0n) is 19.8. The quantitative estimate of drug-likeness (QED) is 0.320. The Hall–Kier alpha value is -3.73. The van der Waals surface area contributed by atoms with Crippen molar-refractivity contribution in [2.45, 2.75) is 33.5 Å². The van der Waals surface area contributed by atoms with Crippen molar-refractivity contribution in [3.63, 3.8) is 0 Å². The molecule has 1 aromatic carbocycles. The Bertz CT molecular complexity index is 1420. The molecule has 0 fully saturated rings. The van der Waals surface area contributed by atoms with E-state index in [-0.39, 0.29) is 17.9 Å². The zero-order valence-corrected chi connectivity index (χ0v) is 20.6. The number of halogens is 3. The monoisotopic (exact) mass is 515 g/mol. The summed E-state index contributed by atoms with van der Waals surface area (Å²) in [5.74, 6) is -0.676. The Morgan fingerprint density at radius 1 is 1.06 bits per heavy atom. The number of nitrogens with zero attached hydrogens (tertiary/aromatic N) is 2. The summed E-state index contributed by atoms with van der Waals surface area (Å²) >= 11 is 1.17. The first kappa shape index (κ1) is 25.4. The standard InChI is InChI=1S/C25H24F3N5O2S/c1-24(2,3)13-32-22(34)16-11-29-21-20(16)33-17(12-30-21)18-7-8-19(36-18)23(35)31-10-14-5-4-6-15(9-14)25(26,27)28/h4-9,11-12H,10,13H2,1-3H3,(H,29,30)(H,31,35)(H,32,34). The maximum atomic E-state index is 12.9. The maximum absolute atomic E-state index is 12.9. The molecule has 0 saturated heterocycles. The lowest BCUT2D eigenvalue weighted by Gasteiger charge is -2.18. The third kappa shape index (κ3) is 5.91. The first-order valence-electron chi connectivity index (χ1n) is 11.1. The van der Waals surface area contributed by atoms with Gasteiger partial charge in [0.05, 0.1) is 32.8 Å². The number of rotatable bonds is 6. The van der Waals surface area contributed by atoms with Crippen LogP contribution in [0.25, 0.3) is 21.7 Å². The topological polar surface area (TPSA) is 99.8 Å². The van der Waals surface area contributed by atoms with Crippen molar-refractivity contribution in [1.82, 2.24) is 25.6 Å². The molecule has 3 aromatic heterocycles. The highest BCUT2D eigenvalue weighted by Gasteiger charge is 2.30. The predicted octanol–water partition coefficient (Wildman–Crippen LogP) is 5.41.